The van der Waals surface area contributed by atoms with Gasteiger partial charge in [0.1, 0.15) is 5.82 Å². The Morgan fingerprint density at radius 2 is 2.42 bits per heavy atom. The van der Waals surface area contributed by atoms with Gasteiger partial charge in [-0.25, -0.2) is 4.98 Å². The maximum Gasteiger partial charge on any atom is 0.138 e. The molecule has 0 unspecified atom stereocenters. The topological polar surface area (TPSA) is 16.1 Å². The summed E-state index contributed by atoms with van der Waals surface area (Å²) in [5, 5.41) is 2.11. The zero-order valence-corrected chi connectivity index (χ0v) is 7.50. The maximum atomic E-state index is 4.27. The van der Waals surface area contributed by atoms with E-state index in [4.69, 9.17) is 0 Å². The van der Waals surface area contributed by atoms with Gasteiger partial charge < -0.3 is 0 Å². The SMILES string of the molecule is C1=CSN(c2ccccn2)CC1. The second-order valence-electron chi connectivity index (χ2n) is 2.56. The molecule has 1 aliphatic heterocycles. The normalized spacial score (nSPS) is 16.5. The van der Waals surface area contributed by atoms with Crippen molar-refractivity contribution in [1.82, 2.24) is 4.98 Å². The van der Waals surface area contributed by atoms with Crippen molar-refractivity contribution in [3.8, 4) is 0 Å². The first kappa shape index (κ1) is 7.68. The number of rotatable bonds is 1. The minimum Gasteiger partial charge on any atom is -0.297 e. The molecule has 62 valence electrons. The number of aromatic nitrogens is 1. The summed E-state index contributed by atoms with van der Waals surface area (Å²) in [6.07, 6.45) is 5.13. The summed E-state index contributed by atoms with van der Waals surface area (Å²) >= 11 is 1.71. The van der Waals surface area contributed by atoms with Crippen molar-refractivity contribution in [2.45, 2.75) is 6.42 Å². The summed E-state index contributed by atoms with van der Waals surface area (Å²) in [6.45, 7) is 1.05. The predicted molar refractivity (Wildman–Crippen MR) is 52.9 cm³/mol. The molecule has 12 heavy (non-hydrogen) atoms. The van der Waals surface area contributed by atoms with Gasteiger partial charge in [-0.2, -0.15) is 0 Å². The second kappa shape index (κ2) is 3.63. The van der Waals surface area contributed by atoms with Crippen LogP contribution in [-0.2, 0) is 0 Å². The first-order chi connectivity index (χ1) is 5.97. The average molecular weight is 178 g/mol. The standard InChI is InChI=1S/C9H10N2S/c1-2-6-10-9(5-1)11-7-3-4-8-12-11/h1-2,4-6,8H,3,7H2. The van der Waals surface area contributed by atoms with E-state index in [2.05, 4.69) is 20.8 Å². The van der Waals surface area contributed by atoms with Crippen LogP contribution >= 0.6 is 11.9 Å². The molecule has 0 spiro atoms. The van der Waals surface area contributed by atoms with E-state index in [1.165, 1.54) is 0 Å². The molecule has 0 atom stereocenters. The van der Waals surface area contributed by atoms with Gasteiger partial charge in [-0.05, 0) is 35.9 Å². The van der Waals surface area contributed by atoms with Gasteiger partial charge in [-0.1, -0.05) is 12.1 Å². The largest absolute Gasteiger partial charge is 0.297 e. The van der Waals surface area contributed by atoms with Crippen LogP contribution in [0.25, 0.3) is 0 Å². The minimum absolute atomic E-state index is 1.05. The molecule has 0 saturated heterocycles. The fourth-order valence-corrected chi connectivity index (χ4v) is 1.89. The van der Waals surface area contributed by atoms with Gasteiger partial charge >= 0.3 is 0 Å². The van der Waals surface area contributed by atoms with Gasteiger partial charge in [0.25, 0.3) is 0 Å². The Bertz CT molecular complexity index is 271. The third-order valence-corrected chi connectivity index (χ3v) is 2.63. The van der Waals surface area contributed by atoms with Crippen LogP contribution in [-0.4, -0.2) is 11.5 Å². The lowest BCUT2D eigenvalue weighted by atomic mass is 10.4. The van der Waals surface area contributed by atoms with Gasteiger partial charge in [0, 0.05) is 12.7 Å². The molecule has 1 aromatic heterocycles. The summed E-state index contributed by atoms with van der Waals surface area (Å²) < 4.78 is 2.19. The van der Waals surface area contributed by atoms with E-state index in [0.29, 0.717) is 0 Å². The van der Waals surface area contributed by atoms with Crippen LogP contribution in [0.4, 0.5) is 5.82 Å². The van der Waals surface area contributed by atoms with Gasteiger partial charge in [-0.3, -0.25) is 4.31 Å². The summed E-state index contributed by atoms with van der Waals surface area (Å²) in [4.78, 5) is 4.27. The van der Waals surface area contributed by atoms with Crippen LogP contribution in [0.2, 0.25) is 0 Å². The van der Waals surface area contributed by atoms with Crippen molar-refractivity contribution in [2.75, 3.05) is 10.8 Å². The average Bonchev–Trinajstić information content (AvgIpc) is 2.21. The Balaban J connectivity index is 2.15. The molecule has 0 aliphatic carbocycles. The molecule has 0 fully saturated rings. The number of hydrogen-bond acceptors (Lipinski definition) is 3. The lowest BCUT2D eigenvalue weighted by Gasteiger charge is -2.22. The van der Waals surface area contributed by atoms with E-state index in [1.54, 1.807) is 11.9 Å². The van der Waals surface area contributed by atoms with Crippen molar-refractivity contribution in [2.24, 2.45) is 0 Å². The Morgan fingerprint density at radius 3 is 3.08 bits per heavy atom. The number of anilines is 1. The Morgan fingerprint density at radius 1 is 1.42 bits per heavy atom. The van der Waals surface area contributed by atoms with Crippen LogP contribution in [0.15, 0.2) is 35.9 Å². The lowest BCUT2D eigenvalue weighted by molar-refractivity contribution is 0.973. The molecular formula is C9H10N2S. The molecule has 1 aromatic rings. The Labute approximate surface area is 76.4 Å². The molecule has 0 radical (unpaired) electrons. The first-order valence-electron chi connectivity index (χ1n) is 3.97. The molecule has 2 rings (SSSR count). The van der Waals surface area contributed by atoms with Gasteiger partial charge in [0.05, 0.1) is 0 Å². The highest BCUT2D eigenvalue weighted by Crippen LogP contribution is 2.23. The van der Waals surface area contributed by atoms with Gasteiger partial charge in [0.2, 0.25) is 0 Å². The molecular weight excluding hydrogens is 168 g/mol. The minimum atomic E-state index is 1.05. The van der Waals surface area contributed by atoms with E-state index < -0.39 is 0 Å². The van der Waals surface area contributed by atoms with Gasteiger partial charge in [0.15, 0.2) is 0 Å². The molecule has 0 saturated carbocycles. The fourth-order valence-electron chi connectivity index (χ4n) is 1.10. The molecule has 0 aromatic carbocycles. The van der Waals surface area contributed by atoms with E-state index in [0.717, 1.165) is 18.8 Å². The number of hydrogen-bond donors (Lipinski definition) is 0. The molecule has 2 nitrogen and oxygen atoms in total. The molecule has 0 bridgehead atoms. The van der Waals surface area contributed by atoms with E-state index in [1.807, 2.05) is 24.4 Å². The lowest BCUT2D eigenvalue weighted by Crippen LogP contribution is -2.17. The van der Waals surface area contributed by atoms with Crippen molar-refractivity contribution in [1.29, 1.82) is 0 Å². The summed E-state index contributed by atoms with van der Waals surface area (Å²) in [5.74, 6) is 1.05. The molecule has 0 amide bonds. The number of nitrogens with zero attached hydrogens (tertiary/aromatic N) is 2. The molecule has 0 N–H and O–H groups in total. The summed E-state index contributed by atoms with van der Waals surface area (Å²) in [7, 11) is 0. The summed E-state index contributed by atoms with van der Waals surface area (Å²) in [6, 6.07) is 5.99. The fraction of sp³-hybridized carbons (Fsp3) is 0.222. The van der Waals surface area contributed by atoms with Crippen LogP contribution in [0.5, 0.6) is 0 Å². The smallest absolute Gasteiger partial charge is 0.138 e. The summed E-state index contributed by atoms with van der Waals surface area (Å²) in [5.41, 5.74) is 0. The molecule has 2 heterocycles. The monoisotopic (exact) mass is 178 g/mol. The van der Waals surface area contributed by atoms with Crippen molar-refractivity contribution in [3.63, 3.8) is 0 Å². The van der Waals surface area contributed by atoms with Crippen LogP contribution in [0, 0.1) is 0 Å². The maximum absolute atomic E-state index is 4.27. The quantitative estimate of drug-likeness (QED) is 0.614. The third kappa shape index (κ3) is 1.61. The van der Waals surface area contributed by atoms with Crippen LogP contribution in [0.1, 0.15) is 6.42 Å². The highest BCUT2D eigenvalue weighted by molar-refractivity contribution is 8.03. The van der Waals surface area contributed by atoms with E-state index >= 15 is 0 Å². The van der Waals surface area contributed by atoms with Crippen molar-refractivity contribution >= 4 is 17.8 Å². The molecule has 1 aliphatic rings. The van der Waals surface area contributed by atoms with E-state index in [9.17, 15) is 0 Å². The van der Waals surface area contributed by atoms with Crippen molar-refractivity contribution < 1.29 is 0 Å². The number of pyridine rings is 1. The predicted octanol–water partition coefficient (Wildman–Crippen LogP) is 2.45. The second-order valence-corrected chi connectivity index (χ2v) is 3.48. The first-order valence-corrected chi connectivity index (χ1v) is 4.81. The Hall–Kier alpha value is -0.960. The van der Waals surface area contributed by atoms with E-state index in [-0.39, 0.29) is 0 Å². The highest BCUT2D eigenvalue weighted by Gasteiger charge is 2.07. The van der Waals surface area contributed by atoms with Crippen LogP contribution < -0.4 is 4.31 Å². The highest BCUT2D eigenvalue weighted by atomic mass is 32.2. The van der Waals surface area contributed by atoms with Gasteiger partial charge in [-0.15, -0.1) is 0 Å². The Kier molecular flexibility index (Phi) is 2.32. The van der Waals surface area contributed by atoms with Crippen LogP contribution in [0.3, 0.4) is 0 Å². The molecule has 3 heteroatoms. The zero-order valence-electron chi connectivity index (χ0n) is 6.68. The van der Waals surface area contributed by atoms with Crippen molar-refractivity contribution in [3.05, 3.63) is 35.9 Å². The third-order valence-electron chi connectivity index (χ3n) is 1.69. The zero-order chi connectivity index (χ0) is 8.23.